The Labute approximate surface area is 114 Å². The number of aliphatic hydroxyl groups excluding tert-OH is 1. The molecule has 1 atom stereocenters. The number of benzene rings is 1. The highest BCUT2D eigenvalue weighted by Gasteiger charge is 2.24. The second kappa shape index (κ2) is 5.33. The van der Waals surface area contributed by atoms with Crippen LogP contribution >= 0.6 is 0 Å². The third-order valence-corrected chi connectivity index (χ3v) is 4.38. The molecular formula is C16H22N2O. The molecule has 0 aliphatic heterocycles. The molecule has 1 aromatic heterocycles. The van der Waals surface area contributed by atoms with Crippen molar-refractivity contribution in [1.82, 2.24) is 9.78 Å². The summed E-state index contributed by atoms with van der Waals surface area (Å²) in [6.07, 6.45) is 5.35. The minimum atomic E-state index is -0.230. The molecule has 0 radical (unpaired) electrons. The standard InChI is InChI=1S/C16H22N2O/c1-2-18-15-10-6-5-9-13(15)14(17-18)11-16(19)12-7-3-4-8-12/h5-6,9-10,12,16,19H,2-4,7-8,11H2,1H3. The highest BCUT2D eigenvalue weighted by molar-refractivity contribution is 5.82. The number of hydrogen-bond donors (Lipinski definition) is 1. The first kappa shape index (κ1) is 12.7. The summed E-state index contributed by atoms with van der Waals surface area (Å²) in [4.78, 5) is 0. The predicted molar refractivity (Wildman–Crippen MR) is 77.1 cm³/mol. The van der Waals surface area contributed by atoms with Crippen LogP contribution in [0.4, 0.5) is 0 Å². The first-order chi connectivity index (χ1) is 9.29. The van der Waals surface area contributed by atoms with Crippen LogP contribution < -0.4 is 0 Å². The van der Waals surface area contributed by atoms with Gasteiger partial charge in [-0.15, -0.1) is 0 Å². The van der Waals surface area contributed by atoms with Crippen molar-refractivity contribution in [2.45, 2.75) is 51.7 Å². The van der Waals surface area contributed by atoms with Gasteiger partial charge < -0.3 is 5.11 Å². The van der Waals surface area contributed by atoms with Gasteiger partial charge in [-0.2, -0.15) is 5.10 Å². The highest BCUT2D eigenvalue weighted by Crippen LogP contribution is 2.30. The molecule has 0 saturated heterocycles. The molecule has 19 heavy (non-hydrogen) atoms. The zero-order valence-electron chi connectivity index (χ0n) is 11.5. The molecule has 1 N–H and O–H groups in total. The van der Waals surface area contributed by atoms with Gasteiger partial charge in [0.25, 0.3) is 0 Å². The van der Waals surface area contributed by atoms with Gasteiger partial charge in [0.05, 0.1) is 17.3 Å². The molecule has 3 nitrogen and oxygen atoms in total. The fraction of sp³-hybridized carbons (Fsp3) is 0.562. The van der Waals surface area contributed by atoms with E-state index in [1.54, 1.807) is 0 Å². The van der Waals surface area contributed by atoms with Crippen molar-refractivity contribution in [2.24, 2.45) is 5.92 Å². The molecule has 1 aliphatic rings. The summed E-state index contributed by atoms with van der Waals surface area (Å²) < 4.78 is 2.03. The van der Waals surface area contributed by atoms with E-state index in [9.17, 15) is 5.11 Å². The zero-order valence-corrected chi connectivity index (χ0v) is 11.5. The Morgan fingerprint density at radius 2 is 2.05 bits per heavy atom. The molecular weight excluding hydrogens is 236 g/mol. The second-order valence-electron chi connectivity index (χ2n) is 5.60. The smallest absolute Gasteiger partial charge is 0.0729 e. The van der Waals surface area contributed by atoms with Crippen LogP contribution in [0.5, 0.6) is 0 Å². The Kier molecular flexibility index (Phi) is 3.56. The SMILES string of the molecule is CCn1nc(CC(O)C2CCCC2)c2ccccc21. The minimum absolute atomic E-state index is 0.230. The normalized spacial score (nSPS) is 18.2. The van der Waals surface area contributed by atoms with E-state index in [2.05, 4.69) is 30.2 Å². The number of aryl methyl sites for hydroxylation is 1. The average Bonchev–Trinajstić information content (AvgIpc) is 3.07. The van der Waals surface area contributed by atoms with E-state index >= 15 is 0 Å². The Bertz CT molecular complexity index is 555. The second-order valence-corrected chi connectivity index (χ2v) is 5.60. The summed E-state index contributed by atoms with van der Waals surface area (Å²) in [5.74, 6) is 0.477. The number of hydrogen-bond acceptors (Lipinski definition) is 2. The molecule has 1 heterocycles. The topological polar surface area (TPSA) is 38.0 Å². The first-order valence-corrected chi connectivity index (χ1v) is 7.42. The summed E-state index contributed by atoms with van der Waals surface area (Å²) >= 11 is 0. The quantitative estimate of drug-likeness (QED) is 0.914. The van der Waals surface area contributed by atoms with E-state index in [1.807, 2.05) is 10.7 Å². The Balaban J connectivity index is 1.87. The van der Waals surface area contributed by atoms with Gasteiger partial charge in [-0.25, -0.2) is 0 Å². The van der Waals surface area contributed by atoms with Crippen LogP contribution in [0.3, 0.4) is 0 Å². The van der Waals surface area contributed by atoms with Crippen LogP contribution in [0.15, 0.2) is 24.3 Å². The van der Waals surface area contributed by atoms with Crippen molar-refractivity contribution >= 4 is 10.9 Å². The maximum Gasteiger partial charge on any atom is 0.0729 e. The lowest BCUT2D eigenvalue weighted by atomic mass is 9.96. The van der Waals surface area contributed by atoms with Gasteiger partial charge in [0.1, 0.15) is 0 Å². The van der Waals surface area contributed by atoms with Crippen LogP contribution in [-0.4, -0.2) is 21.0 Å². The maximum atomic E-state index is 10.4. The van der Waals surface area contributed by atoms with Gasteiger partial charge in [-0.3, -0.25) is 4.68 Å². The Morgan fingerprint density at radius 3 is 2.79 bits per heavy atom. The van der Waals surface area contributed by atoms with Crippen molar-refractivity contribution in [3.63, 3.8) is 0 Å². The van der Waals surface area contributed by atoms with E-state index in [-0.39, 0.29) is 6.10 Å². The summed E-state index contributed by atoms with van der Waals surface area (Å²) in [6.45, 7) is 2.98. The molecule has 1 saturated carbocycles. The van der Waals surface area contributed by atoms with Crippen molar-refractivity contribution in [3.8, 4) is 0 Å². The average molecular weight is 258 g/mol. The zero-order chi connectivity index (χ0) is 13.2. The fourth-order valence-electron chi connectivity index (χ4n) is 3.29. The van der Waals surface area contributed by atoms with E-state index < -0.39 is 0 Å². The van der Waals surface area contributed by atoms with Crippen molar-refractivity contribution in [3.05, 3.63) is 30.0 Å². The number of fused-ring (bicyclic) bond motifs is 1. The summed E-state index contributed by atoms with van der Waals surface area (Å²) in [6, 6.07) is 8.32. The van der Waals surface area contributed by atoms with Gasteiger partial charge in [0.15, 0.2) is 0 Å². The first-order valence-electron chi connectivity index (χ1n) is 7.42. The largest absolute Gasteiger partial charge is 0.392 e. The van der Waals surface area contributed by atoms with Crippen LogP contribution in [0.25, 0.3) is 10.9 Å². The molecule has 3 rings (SSSR count). The number of nitrogens with zero attached hydrogens (tertiary/aromatic N) is 2. The van der Waals surface area contributed by atoms with Crippen molar-refractivity contribution in [2.75, 3.05) is 0 Å². The number of rotatable bonds is 4. The molecule has 102 valence electrons. The third kappa shape index (κ3) is 2.39. The lowest BCUT2D eigenvalue weighted by molar-refractivity contribution is 0.110. The predicted octanol–water partition coefficient (Wildman–Crippen LogP) is 3.15. The minimum Gasteiger partial charge on any atom is -0.392 e. The van der Waals surface area contributed by atoms with E-state index in [4.69, 9.17) is 0 Å². The fourth-order valence-corrected chi connectivity index (χ4v) is 3.29. The molecule has 0 amide bonds. The van der Waals surface area contributed by atoms with E-state index in [0.717, 1.165) is 12.2 Å². The van der Waals surface area contributed by atoms with Crippen LogP contribution in [0, 0.1) is 5.92 Å². The molecule has 0 bridgehead atoms. The lowest BCUT2D eigenvalue weighted by Crippen LogP contribution is -2.20. The van der Waals surface area contributed by atoms with Gasteiger partial charge in [-0.1, -0.05) is 31.0 Å². The Morgan fingerprint density at radius 1 is 1.32 bits per heavy atom. The lowest BCUT2D eigenvalue weighted by Gasteiger charge is -2.16. The molecule has 3 heteroatoms. The number of para-hydroxylation sites is 1. The van der Waals surface area contributed by atoms with Crippen molar-refractivity contribution in [1.29, 1.82) is 0 Å². The number of aromatic nitrogens is 2. The Hall–Kier alpha value is -1.35. The maximum absolute atomic E-state index is 10.4. The number of aliphatic hydroxyl groups is 1. The highest BCUT2D eigenvalue weighted by atomic mass is 16.3. The van der Waals surface area contributed by atoms with Gasteiger partial charge in [-0.05, 0) is 31.7 Å². The van der Waals surface area contributed by atoms with Gasteiger partial charge >= 0.3 is 0 Å². The molecule has 1 fully saturated rings. The van der Waals surface area contributed by atoms with Crippen LogP contribution in [0.1, 0.15) is 38.3 Å². The molecule has 0 spiro atoms. The summed E-state index contributed by atoms with van der Waals surface area (Å²) in [5, 5.41) is 16.3. The van der Waals surface area contributed by atoms with Gasteiger partial charge in [0.2, 0.25) is 0 Å². The van der Waals surface area contributed by atoms with E-state index in [0.29, 0.717) is 12.3 Å². The van der Waals surface area contributed by atoms with Crippen molar-refractivity contribution < 1.29 is 5.11 Å². The monoisotopic (exact) mass is 258 g/mol. The summed E-state index contributed by atoms with van der Waals surface area (Å²) in [7, 11) is 0. The third-order valence-electron chi connectivity index (χ3n) is 4.38. The van der Waals surface area contributed by atoms with E-state index in [1.165, 1.54) is 36.6 Å². The molecule has 2 aromatic rings. The summed E-state index contributed by atoms with van der Waals surface area (Å²) in [5.41, 5.74) is 2.23. The van der Waals surface area contributed by atoms with Crippen LogP contribution in [-0.2, 0) is 13.0 Å². The molecule has 1 aromatic carbocycles. The molecule has 1 aliphatic carbocycles. The van der Waals surface area contributed by atoms with Crippen LogP contribution in [0.2, 0.25) is 0 Å². The molecule has 1 unspecified atom stereocenters. The van der Waals surface area contributed by atoms with Gasteiger partial charge in [0, 0.05) is 18.4 Å².